The summed E-state index contributed by atoms with van der Waals surface area (Å²) in [6.45, 7) is 0. The molecule has 6 heteroatoms. The maximum atomic E-state index is 12.2. The molecule has 0 saturated carbocycles. The molecule has 0 aliphatic rings. The van der Waals surface area contributed by atoms with E-state index in [1.807, 2.05) is 0 Å². The number of nitro groups is 1. The van der Waals surface area contributed by atoms with Gasteiger partial charge in [0.15, 0.2) is 0 Å². The molecule has 0 spiro atoms. The van der Waals surface area contributed by atoms with Gasteiger partial charge in [-0.3, -0.25) is 10.1 Å². The third-order valence-electron chi connectivity index (χ3n) is 1.74. The van der Waals surface area contributed by atoms with Crippen molar-refractivity contribution in [2.45, 2.75) is 6.43 Å². The van der Waals surface area contributed by atoms with Crippen molar-refractivity contribution < 1.29 is 18.1 Å². The van der Waals surface area contributed by atoms with E-state index in [1.54, 1.807) is 0 Å². The maximum absolute atomic E-state index is 12.2. The zero-order valence-electron chi connectivity index (χ0n) is 7.36. The van der Waals surface area contributed by atoms with E-state index >= 15 is 0 Å². The summed E-state index contributed by atoms with van der Waals surface area (Å²) in [6.07, 6.45) is -3.25. The Balaban J connectivity index is 3.15. The number of rotatable bonds is 3. The fourth-order valence-electron chi connectivity index (χ4n) is 1.04. The first kappa shape index (κ1) is 11.2. The van der Waals surface area contributed by atoms with Crippen LogP contribution in [-0.2, 0) is 0 Å². The molecule has 1 aromatic rings. The average molecular weight is 217 g/mol. The topological polar surface area (TPSA) is 43.1 Å². The zero-order chi connectivity index (χ0) is 11.4. The fourth-order valence-corrected chi connectivity index (χ4v) is 1.04. The van der Waals surface area contributed by atoms with Crippen LogP contribution in [0.3, 0.4) is 0 Å². The van der Waals surface area contributed by atoms with Crippen LogP contribution in [0, 0.1) is 10.1 Å². The Hall–Kier alpha value is -1.85. The van der Waals surface area contributed by atoms with Gasteiger partial charge in [0.25, 0.3) is 12.1 Å². The number of non-ortho nitro benzene ring substituents is 1. The van der Waals surface area contributed by atoms with E-state index in [0.717, 1.165) is 12.1 Å². The summed E-state index contributed by atoms with van der Waals surface area (Å²) < 4.78 is 36.6. The van der Waals surface area contributed by atoms with Crippen molar-refractivity contribution >= 4 is 11.3 Å². The van der Waals surface area contributed by atoms with E-state index in [2.05, 4.69) is 0 Å². The summed E-state index contributed by atoms with van der Waals surface area (Å²) >= 11 is 0. The SMILES string of the molecule is O=[N+]([O-])c1cccc(C(=CF)C(F)F)c1. The smallest absolute Gasteiger partial charge is 0.258 e. The Bertz CT molecular complexity index is 404. The van der Waals surface area contributed by atoms with Crippen LogP contribution < -0.4 is 0 Å². The highest BCUT2D eigenvalue weighted by atomic mass is 19.3. The molecule has 0 bridgehead atoms. The highest BCUT2D eigenvalue weighted by Gasteiger charge is 2.16. The van der Waals surface area contributed by atoms with Gasteiger partial charge in [-0.2, -0.15) is 0 Å². The molecule has 80 valence electrons. The molecule has 1 rings (SSSR count). The summed E-state index contributed by atoms with van der Waals surface area (Å²) in [6, 6.07) is 4.45. The van der Waals surface area contributed by atoms with E-state index in [-0.39, 0.29) is 17.6 Å². The molecule has 0 aliphatic heterocycles. The minimum atomic E-state index is -3.00. The summed E-state index contributed by atoms with van der Waals surface area (Å²) in [4.78, 5) is 9.61. The highest BCUT2D eigenvalue weighted by Crippen LogP contribution is 2.25. The van der Waals surface area contributed by atoms with Crippen LogP contribution in [0.5, 0.6) is 0 Å². The van der Waals surface area contributed by atoms with Gasteiger partial charge < -0.3 is 0 Å². The van der Waals surface area contributed by atoms with Gasteiger partial charge in [-0.25, -0.2) is 13.2 Å². The fraction of sp³-hybridized carbons (Fsp3) is 0.111. The molecule has 15 heavy (non-hydrogen) atoms. The predicted molar refractivity (Wildman–Crippen MR) is 48.2 cm³/mol. The second-order valence-corrected chi connectivity index (χ2v) is 2.67. The average Bonchev–Trinajstić information content (AvgIpc) is 2.18. The van der Waals surface area contributed by atoms with Gasteiger partial charge in [0.2, 0.25) is 0 Å². The van der Waals surface area contributed by atoms with E-state index in [9.17, 15) is 23.3 Å². The minimum Gasteiger partial charge on any atom is -0.258 e. The second kappa shape index (κ2) is 4.59. The second-order valence-electron chi connectivity index (χ2n) is 2.67. The van der Waals surface area contributed by atoms with Gasteiger partial charge in [-0.05, 0) is 5.56 Å². The monoisotopic (exact) mass is 217 g/mol. The Labute approximate surface area is 83.0 Å². The van der Waals surface area contributed by atoms with Gasteiger partial charge in [0, 0.05) is 12.1 Å². The van der Waals surface area contributed by atoms with E-state index in [0.29, 0.717) is 0 Å². The summed E-state index contributed by atoms with van der Waals surface area (Å²) in [5, 5.41) is 10.3. The van der Waals surface area contributed by atoms with Crippen molar-refractivity contribution in [2.24, 2.45) is 0 Å². The molecule has 0 amide bonds. The lowest BCUT2D eigenvalue weighted by atomic mass is 10.1. The summed E-state index contributed by atoms with van der Waals surface area (Å²) in [5.74, 6) is 0. The number of halogens is 3. The first-order valence-electron chi connectivity index (χ1n) is 3.89. The molecule has 0 saturated heterocycles. The van der Waals surface area contributed by atoms with Crippen molar-refractivity contribution in [1.29, 1.82) is 0 Å². The number of benzene rings is 1. The lowest BCUT2D eigenvalue weighted by Gasteiger charge is -2.03. The lowest BCUT2D eigenvalue weighted by Crippen LogP contribution is -1.97. The lowest BCUT2D eigenvalue weighted by molar-refractivity contribution is -0.384. The molecule has 0 aromatic heterocycles. The van der Waals surface area contributed by atoms with Crippen molar-refractivity contribution in [3.8, 4) is 0 Å². The maximum Gasteiger partial charge on any atom is 0.270 e. The van der Waals surface area contributed by atoms with Crippen LogP contribution in [0.4, 0.5) is 18.9 Å². The van der Waals surface area contributed by atoms with Gasteiger partial charge in [-0.15, -0.1) is 0 Å². The number of allylic oxidation sites excluding steroid dienone is 1. The first-order valence-corrected chi connectivity index (χ1v) is 3.89. The molecule has 0 aliphatic carbocycles. The molecule has 0 N–H and O–H groups in total. The third-order valence-corrected chi connectivity index (χ3v) is 1.74. The van der Waals surface area contributed by atoms with Crippen LogP contribution in [0.25, 0.3) is 5.57 Å². The van der Waals surface area contributed by atoms with Crippen molar-refractivity contribution in [1.82, 2.24) is 0 Å². The van der Waals surface area contributed by atoms with Crippen molar-refractivity contribution in [3.63, 3.8) is 0 Å². The van der Waals surface area contributed by atoms with Crippen LogP contribution in [-0.4, -0.2) is 11.3 Å². The Morgan fingerprint density at radius 1 is 1.47 bits per heavy atom. The third kappa shape index (κ3) is 2.55. The van der Waals surface area contributed by atoms with Gasteiger partial charge in [0.05, 0.1) is 16.8 Å². The standard InChI is InChI=1S/C9H6F3NO2/c10-5-8(9(11)12)6-2-1-3-7(4-6)13(14)15/h1-5,9H. The van der Waals surface area contributed by atoms with E-state index in [4.69, 9.17) is 0 Å². The van der Waals surface area contributed by atoms with Gasteiger partial charge >= 0.3 is 0 Å². The van der Waals surface area contributed by atoms with E-state index in [1.165, 1.54) is 12.1 Å². The first-order chi connectivity index (χ1) is 7.06. The zero-order valence-corrected chi connectivity index (χ0v) is 7.36. The Morgan fingerprint density at radius 2 is 2.13 bits per heavy atom. The van der Waals surface area contributed by atoms with Crippen LogP contribution >= 0.6 is 0 Å². The number of hydrogen-bond donors (Lipinski definition) is 0. The van der Waals surface area contributed by atoms with Crippen molar-refractivity contribution in [2.75, 3.05) is 0 Å². The Morgan fingerprint density at radius 3 is 2.60 bits per heavy atom. The minimum absolute atomic E-state index is 0.193. The molecule has 3 nitrogen and oxygen atoms in total. The summed E-state index contributed by atoms with van der Waals surface area (Å²) in [5.41, 5.74) is -1.41. The highest BCUT2D eigenvalue weighted by molar-refractivity contribution is 5.68. The number of alkyl halides is 2. The normalized spacial score (nSPS) is 11.9. The quantitative estimate of drug-likeness (QED) is 0.576. The van der Waals surface area contributed by atoms with Crippen LogP contribution in [0.15, 0.2) is 30.6 Å². The molecular formula is C9H6F3NO2. The molecule has 0 heterocycles. The van der Waals surface area contributed by atoms with Crippen molar-refractivity contribution in [3.05, 3.63) is 46.3 Å². The number of hydrogen-bond acceptors (Lipinski definition) is 2. The molecular weight excluding hydrogens is 211 g/mol. The summed E-state index contributed by atoms with van der Waals surface area (Å²) in [7, 11) is 0. The molecule has 0 radical (unpaired) electrons. The largest absolute Gasteiger partial charge is 0.270 e. The Kier molecular flexibility index (Phi) is 3.43. The predicted octanol–water partition coefficient (Wildman–Crippen LogP) is 3.17. The van der Waals surface area contributed by atoms with Crippen LogP contribution in [0.2, 0.25) is 0 Å². The molecule has 0 fully saturated rings. The molecule has 0 unspecified atom stereocenters. The number of nitro benzene ring substituents is 1. The van der Waals surface area contributed by atoms with E-state index < -0.39 is 16.9 Å². The van der Waals surface area contributed by atoms with Crippen LogP contribution in [0.1, 0.15) is 5.56 Å². The molecule has 0 atom stereocenters. The number of nitrogens with zero attached hydrogens (tertiary/aromatic N) is 1. The van der Waals surface area contributed by atoms with Gasteiger partial charge in [0.1, 0.15) is 0 Å². The molecule has 1 aromatic carbocycles. The van der Waals surface area contributed by atoms with Gasteiger partial charge in [-0.1, -0.05) is 12.1 Å².